The third kappa shape index (κ3) is 3.32. The van der Waals surface area contributed by atoms with E-state index < -0.39 is 11.8 Å². The first-order valence-electron chi connectivity index (χ1n) is 7.87. The number of imide groups is 1. The number of ketones is 1. The van der Waals surface area contributed by atoms with Crippen molar-refractivity contribution in [3.8, 4) is 5.75 Å². The molecule has 0 fully saturated rings. The highest BCUT2D eigenvalue weighted by Gasteiger charge is 2.32. The summed E-state index contributed by atoms with van der Waals surface area (Å²) < 4.78 is 5.39. The minimum Gasteiger partial charge on any atom is -0.484 e. The van der Waals surface area contributed by atoms with Crippen LogP contribution < -0.4 is 10.1 Å². The minimum atomic E-state index is -0.427. The Balaban J connectivity index is 1.64. The van der Waals surface area contributed by atoms with Gasteiger partial charge >= 0.3 is 0 Å². The number of anilines is 1. The third-order valence-electron chi connectivity index (χ3n) is 3.98. The van der Waals surface area contributed by atoms with E-state index in [1.165, 1.54) is 26.1 Å². The van der Waals surface area contributed by atoms with Crippen molar-refractivity contribution in [2.75, 3.05) is 19.0 Å². The van der Waals surface area contributed by atoms with Gasteiger partial charge < -0.3 is 10.1 Å². The lowest BCUT2D eigenvalue weighted by atomic mass is 10.1. The Kier molecular flexibility index (Phi) is 4.53. The van der Waals surface area contributed by atoms with E-state index in [1.807, 2.05) is 0 Å². The molecular formula is C19H16N2O5. The summed E-state index contributed by atoms with van der Waals surface area (Å²) in [6, 6.07) is 11.1. The average molecular weight is 352 g/mol. The van der Waals surface area contributed by atoms with Gasteiger partial charge in [0, 0.05) is 18.3 Å². The molecule has 0 saturated heterocycles. The first-order chi connectivity index (χ1) is 12.4. The van der Waals surface area contributed by atoms with Crippen molar-refractivity contribution in [2.24, 2.45) is 0 Å². The highest BCUT2D eigenvalue weighted by atomic mass is 16.5. The van der Waals surface area contributed by atoms with Gasteiger partial charge in [-0.2, -0.15) is 0 Å². The van der Waals surface area contributed by atoms with Crippen molar-refractivity contribution in [3.63, 3.8) is 0 Å². The van der Waals surface area contributed by atoms with Gasteiger partial charge in [0.05, 0.1) is 11.1 Å². The van der Waals surface area contributed by atoms with Crippen LogP contribution >= 0.6 is 0 Å². The van der Waals surface area contributed by atoms with Crippen LogP contribution in [-0.2, 0) is 4.79 Å². The molecule has 0 unspecified atom stereocenters. The lowest BCUT2D eigenvalue weighted by Gasteiger charge is -2.09. The molecule has 0 aliphatic carbocycles. The molecule has 2 aromatic rings. The van der Waals surface area contributed by atoms with Crippen LogP contribution in [0.5, 0.6) is 5.75 Å². The Morgan fingerprint density at radius 1 is 1.04 bits per heavy atom. The summed E-state index contributed by atoms with van der Waals surface area (Å²) in [6.45, 7) is 1.19. The molecule has 0 saturated carbocycles. The van der Waals surface area contributed by atoms with E-state index in [2.05, 4.69) is 5.32 Å². The normalized spacial score (nSPS) is 12.8. The van der Waals surface area contributed by atoms with Crippen LogP contribution in [0.1, 0.15) is 38.0 Å². The SMILES string of the molecule is CC(=O)c1cccc(OCC(=O)Nc2ccc3c(c2)C(=O)N(C)C3=O)c1. The number of carbonyl (C=O) groups excluding carboxylic acids is 4. The van der Waals surface area contributed by atoms with E-state index in [9.17, 15) is 19.2 Å². The predicted octanol–water partition coefficient (Wildman–Crippen LogP) is 2.13. The van der Waals surface area contributed by atoms with Gasteiger partial charge in [0.1, 0.15) is 5.75 Å². The molecule has 1 aliphatic heterocycles. The average Bonchev–Trinajstić information content (AvgIpc) is 2.84. The number of ether oxygens (including phenoxy) is 1. The fourth-order valence-corrected chi connectivity index (χ4v) is 2.59. The number of fused-ring (bicyclic) bond motifs is 1. The Morgan fingerprint density at radius 3 is 2.50 bits per heavy atom. The number of rotatable bonds is 5. The van der Waals surface area contributed by atoms with Gasteiger partial charge in [-0.25, -0.2) is 0 Å². The topological polar surface area (TPSA) is 92.8 Å². The molecule has 2 aromatic carbocycles. The molecular weight excluding hydrogens is 336 g/mol. The Labute approximate surface area is 149 Å². The van der Waals surface area contributed by atoms with Gasteiger partial charge in [-0.05, 0) is 37.3 Å². The molecule has 3 rings (SSSR count). The van der Waals surface area contributed by atoms with Crippen molar-refractivity contribution in [3.05, 3.63) is 59.2 Å². The third-order valence-corrected chi connectivity index (χ3v) is 3.98. The summed E-state index contributed by atoms with van der Waals surface area (Å²) in [5.74, 6) is -0.885. The van der Waals surface area contributed by atoms with Gasteiger partial charge in [-0.15, -0.1) is 0 Å². The van der Waals surface area contributed by atoms with E-state index in [4.69, 9.17) is 4.74 Å². The second kappa shape index (κ2) is 6.79. The molecule has 0 aromatic heterocycles. The molecule has 26 heavy (non-hydrogen) atoms. The van der Waals surface area contributed by atoms with E-state index >= 15 is 0 Å². The number of carbonyl (C=O) groups is 4. The monoisotopic (exact) mass is 352 g/mol. The number of nitrogens with one attached hydrogen (secondary N) is 1. The largest absolute Gasteiger partial charge is 0.484 e. The maximum absolute atomic E-state index is 12.0. The fourth-order valence-electron chi connectivity index (χ4n) is 2.59. The molecule has 3 amide bonds. The molecule has 7 nitrogen and oxygen atoms in total. The van der Waals surface area contributed by atoms with Crippen molar-refractivity contribution < 1.29 is 23.9 Å². The maximum Gasteiger partial charge on any atom is 0.262 e. The summed E-state index contributed by atoms with van der Waals surface area (Å²) >= 11 is 0. The number of benzene rings is 2. The van der Waals surface area contributed by atoms with Gasteiger partial charge in [-0.1, -0.05) is 12.1 Å². The molecule has 1 N–H and O–H groups in total. The molecule has 0 spiro atoms. The molecule has 0 atom stereocenters. The van der Waals surface area contributed by atoms with E-state index in [0.717, 1.165) is 4.90 Å². The number of amides is 3. The zero-order valence-corrected chi connectivity index (χ0v) is 14.2. The van der Waals surface area contributed by atoms with Crippen molar-refractivity contribution in [1.82, 2.24) is 4.90 Å². The van der Waals surface area contributed by atoms with Crippen LogP contribution in [0.2, 0.25) is 0 Å². The summed E-state index contributed by atoms with van der Waals surface area (Å²) in [4.78, 5) is 48.3. The molecule has 7 heteroatoms. The quantitative estimate of drug-likeness (QED) is 0.657. The van der Waals surface area contributed by atoms with Crippen molar-refractivity contribution in [1.29, 1.82) is 0 Å². The van der Waals surface area contributed by atoms with Crippen LogP contribution in [0.3, 0.4) is 0 Å². The van der Waals surface area contributed by atoms with Crippen LogP contribution in [-0.4, -0.2) is 42.1 Å². The van der Waals surface area contributed by atoms with E-state index in [0.29, 0.717) is 22.6 Å². The van der Waals surface area contributed by atoms with Crippen LogP contribution in [0, 0.1) is 0 Å². The summed E-state index contributed by atoms with van der Waals surface area (Å²) in [6.07, 6.45) is 0. The number of Topliss-reactive ketones (excluding diaryl/α,β-unsaturated/α-hetero) is 1. The lowest BCUT2D eigenvalue weighted by Crippen LogP contribution is -2.24. The number of nitrogens with zero attached hydrogens (tertiary/aromatic N) is 1. The fraction of sp³-hybridized carbons (Fsp3) is 0.158. The molecule has 1 aliphatic rings. The maximum atomic E-state index is 12.0. The second-order valence-electron chi connectivity index (χ2n) is 5.85. The molecule has 132 valence electrons. The highest BCUT2D eigenvalue weighted by Crippen LogP contribution is 2.24. The summed E-state index contributed by atoms with van der Waals surface area (Å²) in [7, 11) is 1.41. The Morgan fingerprint density at radius 2 is 1.77 bits per heavy atom. The van der Waals surface area contributed by atoms with Crippen molar-refractivity contribution >= 4 is 29.2 Å². The molecule has 0 bridgehead atoms. The van der Waals surface area contributed by atoms with Gasteiger partial charge in [-0.3, -0.25) is 24.1 Å². The van der Waals surface area contributed by atoms with Gasteiger partial charge in [0.2, 0.25) is 0 Å². The number of hydrogen-bond acceptors (Lipinski definition) is 5. The highest BCUT2D eigenvalue weighted by molar-refractivity contribution is 6.21. The van der Waals surface area contributed by atoms with Crippen LogP contribution in [0.4, 0.5) is 5.69 Å². The zero-order valence-electron chi connectivity index (χ0n) is 14.2. The van der Waals surface area contributed by atoms with Crippen LogP contribution in [0.15, 0.2) is 42.5 Å². The minimum absolute atomic E-state index is 0.0952. The zero-order chi connectivity index (χ0) is 18.8. The van der Waals surface area contributed by atoms with Crippen LogP contribution in [0.25, 0.3) is 0 Å². The lowest BCUT2D eigenvalue weighted by molar-refractivity contribution is -0.118. The van der Waals surface area contributed by atoms with E-state index in [1.54, 1.807) is 30.3 Å². The predicted molar refractivity (Wildman–Crippen MR) is 93.4 cm³/mol. The van der Waals surface area contributed by atoms with Gasteiger partial charge in [0.25, 0.3) is 17.7 Å². The summed E-state index contributed by atoms with van der Waals surface area (Å²) in [5.41, 5.74) is 1.46. The smallest absolute Gasteiger partial charge is 0.262 e. The Hall–Kier alpha value is -3.48. The summed E-state index contributed by atoms with van der Waals surface area (Å²) in [5, 5.41) is 2.62. The van der Waals surface area contributed by atoms with Gasteiger partial charge in [0.15, 0.2) is 12.4 Å². The molecule has 0 radical (unpaired) electrons. The first kappa shape index (κ1) is 17.3. The standard InChI is InChI=1S/C19H16N2O5/c1-11(22)12-4-3-5-14(8-12)26-10-17(23)20-13-6-7-15-16(9-13)19(25)21(2)18(15)24/h3-9H,10H2,1-2H3,(H,20,23). The first-order valence-corrected chi connectivity index (χ1v) is 7.87. The van der Waals surface area contributed by atoms with Crippen molar-refractivity contribution in [2.45, 2.75) is 6.92 Å². The Bertz CT molecular complexity index is 935. The number of hydrogen-bond donors (Lipinski definition) is 1. The molecule has 1 heterocycles. The second-order valence-corrected chi connectivity index (χ2v) is 5.85. The van der Waals surface area contributed by atoms with E-state index in [-0.39, 0.29) is 23.9 Å².